The Morgan fingerprint density at radius 1 is 1.52 bits per heavy atom. The fourth-order valence-corrected chi connectivity index (χ4v) is 3.10. The minimum Gasteiger partial charge on any atom is -0.399 e. The highest BCUT2D eigenvalue weighted by molar-refractivity contribution is 9.10. The van der Waals surface area contributed by atoms with Crippen LogP contribution in [0.5, 0.6) is 0 Å². The van der Waals surface area contributed by atoms with E-state index in [4.69, 9.17) is 5.73 Å². The van der Waals surface area contributed by atoms with E-state index in [0.717, 1.165) is 17.3 Å². The normalized spacial score (nSPS) is 18.1. The summed E-state index contributed by atoms with van der Waals surface area (Å²) in [5, 5.41) is 2.80. The van der Waals surface area contributed by atoms with Crippen LogP contribution in [0.15, 0.2) is 22.7 Å². The molecule has 1 aromatic carbocycles. The number of hydrogen-bond acceptors (Lipinski definition) is 3. The summed E-state index contributed by atoms with van der Waals surface area (Å²) in [5.74, 6) is 0.268. The van der Waals surface area contributed by atoms with Crippen molar-refractivity contribution in [3.63, 3.8) is 0 Å². The zero-order valence-electron chi connectivity index (χ0n) is 12.1. The van der Waals surface area contributed by atoms with Crippen molar-refractivity contribution < 1.29 is 9.59 Å². The van der Waals surface area contributed by atoms with Gasteiger partial charge in [0.1, 0.15) is 0 Å². The van der Waals surface area contributed by atoms with Crippen molar-refractivity contribution in [3.8, 4) is 0 Å². The Kier molecular flexibility index (Phi) is 5.22. The Balaban J connectivity index is 1.91. The summed E-state index contributed by atoms with van der Waals surface area (Å²) < 4.78 is 0.729. The van der Waals surface area contributed by atoms with E-state index in [1.165, 1.54) is 0 Å². The van der Waals surface area contributed by atoms with Gasteiger partial charge in [0.15, 0.2) is 0 Å². The monoisotopic (exact) mass is 353 g/mol. The van der Waals surface area contributed by atoms with Gasteiger partial charge in [-0.3, -0.25) is 9.59 Å². The molecule has 21 heavy (non-hydrogen) atoms. The highest BCUT2D eigenvalue weighted by Gasteiger charge is 2.30. The summed E-state index contributed by atoms with van der Waals surface area (Å²) in [6.45, 7) is 2.90. The molecule has 1 aliphatic rings. The van der Waals surface area contributed by atoms with Gasteiger partial charge < -0.3 is 16.0 Å². The maximum atomic E-state index is 12.1. The van der Waals surface area contributed by atoms with Crippen LogP contribution >= 0.6 is 15.9 Å². The Morgan fingerprint density at radius 2 is 2.29 bits per heavy atom. The topological polar surface area (TPSA) is 75.4 Å². The number of anilines is 2. The van der Waals surface area contributed by atoms with Gasteiger partial charge in [-0.25, -0.2) is 0 Å². The van der Waals surface area contributed by atoms with Gasteiger partial charge in [0.2, 0.25) is 11.8 Å². The van der Waals surface area contributed by atoms with Crippen molar-refractivity contribution in [2.75, 3.05) is 24.1 Å². The summed E-state index contributed by atoms with van der Waals surface area (Å²) in [6.07, 6.45) is 2.66. The lowest BCUT2D eigenvalue weighted by Gasteiger charge is -2.16. The number of rotatable bonds is 5. The van der Waals surface area contributed by atoms with E-state index in [9.17, 15) is 9.59 Å². The van der Waals surface area contributed by atoms with Gasteiger partial charge in [0.05, 0.1) is 12.2 Å². The zero-order chi connectivity index (χ0) is 15.4. The first-order valence-electron chi connectivity index (χ1n) is 7.12. The lowest BCUT2D eigenvalue weighted by atomic mass is 10.0. The van der Waals surface area contributed by atoms with Gasteiger partial charge in [-0.2, -0.15) is 0 Å². The summed E-state index contributed by atoms with van der Waals surface area (Å²) in [6, 6.07) is 5.19. The van der Waals surface area contributed by atoms with E-state index in [1.54, 1.807) is 23.1 Å². The van der Waals surface area contributed by atoms with Gasteiger partial charge in [0.25, 0.3) is 0 Å². The molecule has 0 radical (unpaired) electrons. The lowest BCUT2D eigenvalue weighted by Crippen LogP contribution is -2.34. The first-order chi connectivity index (χ1) is 9.99. The van der Waals surface area contributed by atoms with E-state index in [1.807, 2.05) is 0 Å². The van der Waals surface area contributed by atoms with Crippen molar-refractivity contribution in [3.05, 3.63) is 22.7 Å². The molecule has 2 amide bonds. The largest absolute Gasteiger partial charge is 0.399 e. The molecule has 0 aromatic heterocycles. The molecule has 1 aliphatic heterocycles. The van der Waals surface area contributed by atoms with E-state index >= 15 is 0 Å². The quantitative estimate of drug-likeness (QED) is 0.798. The SMILES string of the molecule is CCCC1CC(=O)N(CC(=O)Nc2ccc(N)cc2Br)C1. The minimum atomic E-state index is -0.189. The molecule has 5 nitrogen and oxygen atoms in total. The molecule has 0 bridgehead atoms. The number of hydrogen-bond donors (Lipinski definition) is 2. The number of amides is 2. The number of benzene rings is 1. The molecule has 1 aromatic rings. The van der Waals surface area contributed by atoms with Gasteiger partial charge in [-0.15, -0.1) is 0 Å². The van der Waals surface area contributed by atoms with Gasteiger partial charge in [0, 0.05) is 23.1 Å². The van der Waals surface area contributed by atoms with Gasteiger partial charge >= 0.3 is 0 Å². The average molecular weight is 354 g/mol. The maximum absolute atomic E-state index is 12.1. The molecular weight excluding hydrogens is 334 g/mol. The third-order valence-electron chi connectivity index (χ3n) is 3.59. The molecule has 6 heteroatoms. The molecular formula is C15H20BrN3O2. The van der Waals surface area contributed by atoms with Crippen LogP contribution in [0.2, 0.25) is 0 Å². The van der Waals surface area contributed by atoms with Crippen LogP contribution in [0.4, 0.5) is 11.4 Å². The molecule has 1 saturated heterocycles. The third-order valence-corrected chi connectivity index (χ3v) is 4.25. The van der Waals surface area contributed by atoms with Gasteiger partial charge in [-0.1, -0.05) is 13.3 Å². The number of likely N-dealkylation sites (tertiary alicyclic amines) is 1. The fourth-order valence-electron chi connectivity index (χ4n) is 2.60. The minimum absolute atomic E-state index is 0.0694. The van der Waals surface area contributed by atoms with Crippen LogP contribution in [0, 0.1) is 5.92 Å². The number of nitrogens with zero attached hydrogens (tertiary/aromatic N) is 1. The van der Waals surface area contributed by atoms with Crippen molar-refractivity contribution >= 4 is 39.1 Å². The maximum Gasteiger partial charge on any atom is 0.244 e. The molecule has 3 N–H and O–H groups in total. The molecule has 0 aliphatic carbocycles. The zero-order valence-corrected chi connectivity index (χ0v) is 13.6. The molecule has 1 atom stereocenters. The smallest absolute Gasteiger partial charge is 0.244 e. The highest BCUT2D eigenvalue weighted by Crippen LogP contribution is 2.25. The van der Waals surface area contributed by atoms with E-state index < -0.39 is 0 Å². The predicted molar refractivity (Wildman–Crippen MR) is 86.8 cm³/mol. The Labute approximate surface area is 133 Å². The van der Waals surface area contributed by atoms with Crippen LogP contribution in [-0.2, 0) is 9.59 Å². The number of carbonyl (C=O) groups excluding carboxylic acids is 2. The lowest BCUT2D eigenvalue weighted by molar-refractivity contribution is -0.131. The van der Waals surface area contributed by atoms with Crippen LogP contribution in [0.3, 0.4) is 0 Å². The van der Waals surface area contributed by atoms with E-state index in [2.05, 4.69) is 28.2 Å². The molecule has 1 unspecified atom stereocenters. The van der Waals surface area contributed by atoms with Crippen LogP contribution in [-0.4, -0.2) is 29.8 Å². The number of nitrogen functional groups attached to an aromatic ring is 1. The van der Waals surface area contributed by atoms with E-state index in [0.29, 0.717) is 30.3 Å². The van der Waals surface area contributed by atoms with Crippen molar-refractivity contribution in [1.82, 2.24) is 4.90 Å². The van der Waals surface area contributed by atoms with Crippen molar-refractivity contribution in [2.45, 2.75) is 26.2 Å². The predicted octanol–water partition coefficient (Wildman–Crippen LogP) is 2.62. The summed E-state index contributed by atoms with van der Waals surface area (Å²) >= 11 is 3.36. The molecule has 0 spiro atoms. The Bertz CT molecular complexity index is 548. The Hall–Kier alpha value is -1.56. The summed E-state index contributed by atoms with van der Waals surface area (Å²) in [5.41, 5.74) is 6.94. The van der Waals surface area contributed by atoms with Crippen molar-refractivity contribution in [1.29, 1.82) is 0 Å². The second-order valence-electron chi connectivity index (χ2n) is 5.42. The third kappa shape index (κ3) is 4.20. The summed E-state index contributed by atoms with van der Waals surface area (Å²) in [7, 11) is 0. The number of carbonyl (C=O) groups is 2. The number of nitrogens with two attached hydrogens (primary N) is 1. The second kappa shape index (κ2) is 6.93. The molecule has 1 fully saturated rings. The first-order valence-corrected chi connectivity index (χ1v) is 7.91. The summed E-state index contributed by atoms with van der Waals surface area (Å²) in [4.78, 5) is 25.6. The number of nitrogens with one attached hydrogen (secondary N) is 1. The molecule has 114 valence electrons. The number of halogens is 1. The van der Waals surface area contributed by atoms with Crippen LogP contribution in [0.1, 0.15) is 26.2 Å². The van der Waals surface area contributed by atoms with Crippen LogP contribution < -0.4 is 11.1 Å². The first kappa shape index (κ1) is 15.8. The van der Waals surface area contributed by atoms with Gasteiger partial charge in [-0.05, 0) is 46.5 Å². The molecule has 2 rings (SSSR count). The molecule has 0 saturated carbocycles. The van der Waals surface area contributed by atoms with E-state index in [-0.39, 0.29) is 18.4 Å². The standard InChI is InChI=1S/C15H20BrN3O2/c1-2-3-10-6-15(21)19(8-10)9-14(20)18-13-5-4-11(17)7-12(13)16/h4-5,7,10H,2-3,6,8-9,17H2,1H3,(H,18,20). The Morgan fingerprint density at radius 3 is 2.95 bits per heavy atom. The second-order valence-corrected chi connectivity index (χ2v) is 6.27. The fraction of sp³-hybridized carbons (Fsp3) is 0.467. The highest BCUT2D eigenvalue weighted by atomic mass is 79.9. The molecule has 1 heterocycles. The average Bonchev–Trinajstić information content (AvgIpc) is 2.74. The van der Waals surface area contributed by atoms with Crippen LogP contribution in [0.25, 0.3) is 0 Å². The van der Waals surface area contributed by atoms with Crippen molar-refractivity contribution in [2.24, 2.45) is 5.92 Å².